The summed E-state index contributed by atoms with van der Waals surface area (Å²) in [6.45, 7) is 0. The van der Waals surface area contributed by atoms with E-state index in [1.54, 1.807) is 6.07 Å². The molecule has 1 aromatic carbocycles. The molecule has 5 nitrogen and oxygen atoms in total. The molecule has 0 saturated carbocycles. The predicted octanol–water partition coefficient (Wildman–Crippen LogP) is 3.10. The molecule has 2 N–H and O–H groups in total. The maximum Gasteiger partial charge on any atom is 0.326 e. The lowest BCUT2D eigenvalue weighted by atomic mass is 10.2. The number of hydrogen-bond acceptors (Lipinski definition) is 5. The molecule has 2 aromatic heterocycles. The van der Waals surface area contributed by atoms with Crippen LogP contribution in [-0.4, -0.2) is 9.97 Å². The van der Waals surface area contributed by atoms with Gasteiger partial charge in [0.15, 0.2) is 0 Å². The Balaban J connectivity index is 2.03. The molecular weight excluding hydrogens is 342 g/mol. The SMILES string of the molecule is N#Cc1c(SCc2ccccc2Cl)sc2c(=O)[nH]c(=O)[nH]c12. The van der Waals surface area contributed by atoms with Crippen molar-refractivity contribution in [1.29, 1.82) is 5.26 Å². The molecule has 8 heteroatoms. The molecule has 0 aliphatic carbocycles. The van der Waals surface area contributed by atoms with Gasteiger partial charge < -0.3 is 4.98 Å². The first-order valence-corrected chi connectivity index (χ1v) is 8.33. The van der Waals surface area contributed by atoms with Crippen molar-refractivity contribution in [2.75, 3.05) is 0 Å². The van der Waals surface area contributed by atoms with Gasteiger partial charge in [0.1, 0.15) is 16.3 Å². The van der Waals surface area contributed by atoms with E-state index in [0.717, 1.165) is 5.56 Å². The lowest BCUT2D eigenvalue weighted by Gasteiger charge is -2.02. The van der Waals surface area contributed by atoms with Crippen LogP contribution in [0.25, 0.3) is 10.2 Å². The lowest BCUT2D eigenvalue weighted by molar-refractivity contribution is 1.08. The first kappa shape index (κ1) is 14.9. The average molecular weight is 350 g/mol. The van der Waals surface area contributed by atoms with Crippen LogP contribution in [0.5, 0.6) is 0 Å². The Kier molecular flexibility index (Phi) is 4.07. The third-order valence-corrected chi connectivity index (χ3v) is 5.85. The first-order chi connectivity index (χ1) is 10.6. The largest absolute Gasteiger partial charge is 0.326 e. The molecule has 0 radical (unpaired) electrons. The van der Waals surface area contributed by atoms with Gasteiger partial charge in [-0.3, -0.25) is 9.78 Å². The van der Waals surface area contributed by atoms with Crippen molar-refractivity contribution in [2.24, 2.45) is 0 Å². The molecule has 0 spiro atoms. The third-order valence-electron chi connectivity index (χ3n) is 2.98. The van der Waals surface area contributed by atoms with Gasteiger partial charge in [-0.15, -0.1) is 23.1 Å². The van der Waals surface area contributed by atoms with Crippen LogP contribution in [-0.2, 0) is 5.75 Å². The molecule has 110 valence electrons. The van der Waals surface area contributed by atoms with Gasteiger partial charge in [-0.2, -0.15) is 5.26 Å². The fraction of sp³-hybridized carbons (Fsp3) is 0.0714. The zero-order valence-corrected chi connectivity index (χ0v) is 13.4. The number of thiophene rings is 1. The summed E-state index contributed by atoms with van der Waals surface area (Å²) in [6.07, 6.45) is 0. The minimum atomic E-state index is -0.616. The predicted molar refractivity (Wildman–Crippen MR) is 88.8 cm³/mol. The summed E-state index contributed by atoms with van der Waals surface area (Å²) in [5.41, 5.74) is 0.459. The number of aromatic nitrogens is 2. The van der Waals surface area contributed by atoms with E-state index in [1.807, 2.05) is 18.2 Å². The van der Waals surface area contributed by atoms with Crippen LogP contribution in [0, 0.1) is 11.3 Å². The molecule has 0 amide bonds. The van der Waals surface area contributed by atoms with Gasteiger partial charge >= 0.3 is 5.69 Å². The summed E-state index contributed by atoms with van der Waals surface area (Å²) >= 11 is 8.72. The smallest absolute Gasteiger partial charge is 0.305 e. The van der Waals surface area contributed by atoms with Crippen molar-refractivity contribution in [3.05, 3.63) is 61.3 Å². The van der Waals surface area contributed by atoms with Gasteiger partial charge in [0.05, 0.1) is 9.73 Å². The van der Waals surface area contributed by atoms with Crippen molar-refractivity contribution in [1.82, 2.24) is 9.97 Å². The van der Waals surface area contributed by atoms with Crippen LogP contribution in [0.2, 0.25) is 5.02 Å². The molecule has 0 atom stereocenters. The highest BCUT2D eigenvalue weighted by molar-refractivity contribution is 8.00. The van der Waals surface area contributed by atoms with E-state index in [9.17, 15) is 14.9 Å². The van der Waals surface area contributed by atoms with Crippen LogP contribution >= 0.6 is 34.7 Å². The second kappa shape index (κ2) is 6.01. The topological polar surface area (TPSA) is 89.5 Å². The zero-order chi connectivity index (χ0) is 15.7. The highest BCUT2D eigenvalue weighted by Gasteiger charge is 2.16. The molecule has 0 saturated heterocycles. The molecule has 0 unspecified atom stereocenters. The maximum absolute atomic E-state index is 11.8. The average Bonchev–Trinajstić information content (AvgIpc) is 2.84. The summed E-state index contributed by atoms with van der Waals surface area (Å²) in [6, 6.07) is 9.50. The number of H-pyrrole nitrogens is 2. The van der Waals surface area contributed by atoms with Gasteiger partial charge in [-0.1, -0.05) is 29.8 Å². The van der Waals surface area contributed by atoms with Crippen molar-refractivity contribution >= 4 is 44.9 Å². The summed E-state index contributed by atoms with van der Waals surface area (Å²) in [5, 5.41) is 9.98. The molecule has 0 bridgehead atoms. The number of benzene rings is 1. The van der Waals surface area contributed by atoms with Crippen LogP contribution in [0.1, 0.15) is 11.1 Å². The van der Waals surface area contributed by atoms with E-state index in [4.69, 9.17) is 11.6 Å². The molecule has 0 fully saturated rings. The van der Waals surface area contributed by atoms with Crippen molar-refractivity contribution in [2.45, 2.75) is 9.96 Å². The number of aromatic amines is 2. The van der Waals surface area contributed by atoms with Crippen molar-refractivity contribution in [3.8, 4) is 6.07 Å². The fourth-order valence-electron chi connectivity index (χ4n) is 1.96. The van der Waals surface area contributed by atoms with E-state index in [-0.39, 0.29) is 0 Å². The van der Waals surface area contributed by atoms with Gasteiger partial charge in [0.2, 0.25) is 0 Å². The van der Waals surface area contributed by atoms with Crippen LogP contribution < -0.4 is 11.2 Å². The molecule has 3 aromatic rings. The van der Waals surface area contributed by atoms with Crippen LogP contribution in [0.15, 0.2) is 38.1 Å². The van der Waals surface area contributed by atoms with E-state index in [2.05, 4.69) is 16.0 Å². The molecule has 22 heavy (non-hydrogen) atoms. The number of thioether (sulfide) groups is 1. The second-order valence-electron chi connectivity index (χ2n) is 4.37. The van der Waals surface area contributed by atoms with Gasteiger partial charge in [-0.25, -0.2) is 4.79 Å². The monoisotopic (exact) mass is 349 g/mol. The van der Waals surface area contributed by atoms with Crippen molar-refractivity contribution in [3.63, 3.8) is 0 Å². The zero-order valence-electron chi connectivity index (χ0n) is 11.0. The van der Waals surface area contributed by atoms with Gasteiger partial charge in [-0.05, 0) is 11.6 Å². The number of nitrogens with one attached hydrogen (secondary N) is 2. The van der Waals surface area contributed by atoms with E-state index in [0.29, 0.717) is 30.8 Å². The van der Waals surface area contributed by atoms with Gasteiger partial charge in [0, 0.05) is 10.8 Å². The van der Waals surface area contributed by atoms with Gasteiger partial charge in [0.25, 0.3) is 5.56 Å². The number of rotatable bonds is 3. The molecule has 3 rings (SSSR count). The highest BCUT2D eigenvalue weighted by atomic mass is 35.5. The van der Waals surface area contributed by atoms with Crippen LogP contribution in [0.4, 0.5) is 0 Å². The number of nitrogens with zero attached hydrogens (tertiary/aromatic N) is 1. The first-order valence-electron chi connectivity index (χ1n) is 6.15. The normalized spacial score (nSPS) is 10.7. The Bertz CT molecular complexity index is 1010. The number of fused-ring (bicyclic) bond motifs is 1. The summed E-state index contributed by atoms with van der Waals surface area (Å²) in [4.78, 5) is 27.9. The molecule has 0 aliphatic rings. The Hall–Kier alpha value is -2.01. The number of hydrogen-bond donors (Lipinski definition) is 2. The second-order valence-corrected chi connectivity index (χ2v) is 7.04. The number of nitriles is 1. The quantitative estimate of drug-likeness (QED) is 0.711. The molecule has 2 heterocycles. The van der Waals surface area contributed by atoms with E-state index in [1.165, 1.54) is 23.1 Å². The number of halogens is 1. The maximum atomic E-state index is 11.8. The fourth-order valence-corrected chi connectivity index (χ4v) is 4.56. The standard InChI is InChI=1S/C14H8ClN3O2S2/c15-9-4-2-1-3-7(9)6-21-13-8(5-16)10-11(22-13)12(19)18-14(20)17-10/h1-4H,6H2,(H2,17,18,19,20). The molecular formula is C14H8ClN3O2S2. The Morgan fingerprint density at radius 1 is 1.27 bits per heavy atom. The Morgan fingerprint density at radius 2 is 2.05 bits per heavy atom. The van der Waals surface area contributed by atoms with Crippen LogP contribution in [0.3, 0.4) is 0 Å². The summed E-state index contributed by atoms with van der Waals surface area (Å²) in [7, 11) is 0. The summed E-state index contributed by atoms with van der Waals surface area (Å²) < 4.78 is 1.03. The van der Waals surface area contributed by atoms with Crippen molar-refractivity contribution < 1.29 is 0 Å². The highest BCUT2D eigenvalue weighted by Crippen LogP contribution is 2.37. The van der Waals surface area contributed by atoms with E-state index >= 15 is 0 Å². The Morgan fingerprint density at radius 3 is 2.77 bits per heavy atom. The van der Waals surface area contributed by atoms with E-state index < -0.39 is 11.2 Å². The third kappa shape index (κ3) is 2.68. The summed E-state index contributed by atoms with van der Waals surface area (Å²) in [5.74, 6) is 0.573. The minimum absolute atomic E-state index is 0.294. The minimum Gasteiger partial charge on any atom is -0.305 e. The molecule has 0 aliphatic heterocycles. The lowest BCUT2D eigenvalue weighted by Crippen LogP contribution is -2.20. The Labute approximate surface area is 137 Å².